The Morgan fingerprint density at radius 2 is 1.85 bits per heavy atom. The minimum atomic E-state index is -2.47. The zero-order valence-electron chi connectivity index (χ0n) is 14.6. The molecule has 1 aromatic heterocycles. The van der Waals surface area contributed by atoms with Crippen LogP contribution in [0, 0.1) is 0 Å². The molecule has 0 spiro atoms. The van der Waals surface area contributed by atoms with E-state index in [0.717, 1.165) is 29.3 Å². The van der Waals surface area contributed by atoms with E-state index in [1.807, 2.05) is 24.3 Å². The normalized spacial score (nSPS) is 13.7. The van der Waals surface area contributed by atoms with Crippen molar-refractivity contribution in [3.8, 4) is 0 Å². The molecule has 1 heterocycles. The average Bonchev–Trinajstić information content (AvgIpc) is 3.50. The van der Waals surface area contributed by atoms with Crippen molar-refractivity contribution in [3.05, 3.63) is 71.3 Å². The third-order valence-electron chi connectivity index (χ3n) is 4.58. The first-order valence-electron chi connectivity index (χ1n) is 8.91. The second kappa shape index (κ2) is 7.31. The molecule has 4 nitrogen and oxygen atoms in total. The monoisotopic (exact) mass is 367 g/mol. The van der Waals surface area contributed by atoms with Gasteiger partial charge < -0.3 is 10.6 Å². The summed E-state index contributed by atoms with van der Waals surface area (Å²) >= 11 is 0. The number of fused-ring (bicyclic) bond motifs is 1. The number of alkyl halides is 2. The van der Waals surface area contributed by atoms with E-state index < -0.39 is 6.43 Å². The third kappa shape index (κ3) is 4.05. The first-order chi connectivity index (χ1) is 13.1. The number of hydrogen-bond donors (Lipinski definition) is 2. The van der Waals surface area contributed by atoms with Crippen LogP contribution in [0.4, 0.5) is 14.6 Å². The lowest BCUT2D eigenvalue weighted by molar-refractivity contribution is 0.0952. The predicted octanol–water partition coefficient (Wildman–Crippen LogP) is 4.68. The van der Waals surface area contributed by atoms with Crippen LogP contribution in [-0.2, 0) is 6.54 Å². The van der Waals surface area contributed by atoms with E-state index in [2.05, 4.69) is 15.6 Å². The molecule has 6 heteroatoms. The lowest BCUT2D eigenvalue weighted by Gasteiger charge is -2.12. The van der Waals surface area contributed by atoms with Crippen molar-refractivity contribution in [2.45, 2.75) is 31.9 Å². The fraction of sp³-hybridized carbons (Fsp3) is 0.238. The molecule has 3 aromatic rings. The third-order valence-corrected chi connectivity index (χ3v) is 4.58. The zero-order chi connectivity index (χ0) is 18.8. The Morgan fingerprint density at radius 1 is 1.11 bits per heavy atom. The van der Waals surface area contributed by atoms with Gasteiger partial charge in [0.25, 0.3) is 12.3 Å². The Morgan fingerprint density at radius 3 is 2.56 bits per heavy atom. The molecule has 0 aliphatic heterocycles. The van der Waals surface area contributed by atoms with Crippen LogP contribution >= 0.6 is 0 Å². The van der Waals surface area contributed by atoms with Crippen LogP contribution in [0.2, 0.25) is 0 Å². The summed E-state index contributed by atoms with van der Waals surface area (Å²) in [6.07, 6.45) is -0.426. The Bertz CT molecular complexity index is 969. The number of anilines is 1. The predicted molar refractivity (Wildman–Crippen MR) is 101 cm³/mol. The molecule has 2 N–H and O–H groups in total. The topological polar surface area (TPSA) is 54.0 Å². The van der Waals surface area contributed by atoms with Gasteiger partial charge in [-0.3, -0.25) is 4.79 Å². The molecule has 2 aromatic carbocycles. The molecule has 138 valence electrons. The van der Waals surface area contributed by atoms with E-state index in [0.29, 0.717) is 17.9 Å². The van der Waals surface area contributed by atoms with E-state index in [1.165, 1.54) is 12.1 Å². The van der Waals surface area contributed by atoms with Crippen molar-refractivity contribution in [2.75, 3.05) is 5.32 Å². The van der Waals surface area contributed by atoms with Crippen molar-refractivity contribution in [1.29, 1.82) is 0 Å². The number of nitrogens with one attached hydrogen (secondary N) is 2. The van der Waals surface area contributed by atoms with Gasteiger partial charge in [-0.05, 0) is 30.5 Å². The zero-order valence-corrected chi connectivity index (χ0v) is 14.6. The van der Waals surface area contributed by atoms with Crippen LogP contribution in [0.3, 0.4) is 0 Å². The Labute approximate surface area is 155 Å². The van der Waals surface area contributed by atoms with E-state index in [4.69, 9.17) is 0 Å². The standard InChI is InChI=1S/C21H19F2N3O/c22-20(23)14-7-5-13(6-8-14)12-24-19-11-17(21(27)25-15-9-10-15)16-3-1-2-4-18(16)26-19/h1-8,11,15,20H,9-10,12H2,(H,24,26)(H,25,27). The molecule has 4 rings (SSSR count). The molecule has 1 aliphatic carbocycles. The van der Waals surface area contributed by atoms with Crippen molar-refractivity contribution >= 4 is 22.6 Å². The number of para-hydroxylation sites is 1. The van der Waals surface area contributed by atoms with E-state index in [9.17, 15) is 13.6 Å². The van der Waals surface area contributed by atoms with Gasteiger partial charge in [-0.15, -0.1) is 0 Å². The van der Waals surface area contributed by atoms with E-state index >= 15 is 0 Å². The van der Waals surface area contributed by atoms with Crippen molar-refractivity contribution < 1.29 is 13.6 Å². The van der Waals surface area contributed by atoms with Crippen LogP contribution in [0.1, 0.15) is 40.8 Å². The molecule has 0 radical (unpaired) electrons. The highest BCUT2D eigenvalue weighted by atomic mass is 19.3. The Balaban J connectivity index is 1.56. The highest BCUT2D eigenvalue weighted by Crippen LogP contribution is 2.24. The summed E-state index contributed by atoms with van der Waals surface area (Å²) in [5.41, 5.74) is 2.18. The van der Waals surface area contributed by atoms with Crippen LogP contribution in [0.25, 0.3) is 10.9 Å². The number of aromatic nitrogens is 1. The number of benzene rings is 2. The van der Waals surface area contributed by atoms with Gasteiger partial charge in [0, 0.05) is 23.5 Å². The number of pyridine rings is 1. The van der Waals surface area contributed by atoms with Crippen LogP contribution in [0.15, 0.2) is 54.6 Å². The number of nitrogens with zero attached hydrogens (tertiary/aromatic N) is 1. The first-order valence-corrected chi connectivity index (χ1v) is 8.91. The van der Waals surface area contributed by atoms with Gasteiger partial charge in [-0.1, -0.05) is 42.5 Å². The molecular weight excluding hydrogens is 348 g/mol. The summed E-state index contributed by atoms with van der Waals surface area (Å²) < 4.78 is 25.3. The smallest absolute Gasteiger partial charge is 0.263 e. The first kappa shape index (κ1) is 17.4. The number of halogens is 2. The lowest BCUT2D eigenvalue weighted by Crippen LogP contribution is -2.25. The van der Waals surface area contributed by atoms with Gasteiger partial charge in [0.2, 0.25) is 0 Å². The fourth-order valence-corrected chi connectivity index (χ4v) is 2.92. The minimum absolute atomic E-state index is 0.00149. The van der Waals surface area contributed by atoms with Gasteiger partial charge in [-0.25, -0.2) is 13.8 Å². The SMILES string of the molecule is O=C(NC1CC1)c1cc(NCc2ccc(C(F)F)cc2)nc2ccccc12. The van der Waals surface area contributed by atoms with Crippen LogP contribution in [-0.4, -0.2) is 16.9 Å². The van der Waals surface area contributed by atoms with Gasteiger partial charge in [0.05, 0.1) is 11.1 Å². The van der Waals surface area contributed by atoms with Gasteiger partial charge in [-0.2, -0.15) is 0 Å². The highest BCUT2D eigenvalue weighted by molar-refractivity contribution is 6.07. The Kier molecular flexibility index (Phi) is 4.71. The number of hydrogen-bond acceptors (Lipinski definition) is 3. The molecule has 0 saturated heterocycles. The number of amides is 1. The molecule has 1 fully saturated rings. The molecule has 0 bridgehead atoms. The summed E-state index contributed by atoms with van der Waals surface area (Å²) in [5.74, 6) is 0.480. The van der Waals surface area contributed by atoms with E-state index in [-0.39, 0.29) is 17.5 Å². The van der Waals surface area contributed by atoms with Crippen LogP contribution < -0.4 is 10.6 Å². The lowest BCUT2D eigenvalue weighted by atomic mass is 10.1. The summed E-state index contributed by atoms with van der Waals surface area (Å²) in [5, 5.41) is 7.01. The second-order valence-electron chi connectivity index (χ2n) is 6.72. The van der Waals surface area contributed by atoms with E-state index in [1.54, 1.807) is 18.2 Å². The molecule has 1 amide bonds. The van der Waals surface area contributed by atoms with Crippen molar-refractivity contribution in [1.82, 2.24) is 10.3 Å². The Hall–Kier alpha value is -3.02. The summed E-state index contributed by atoms with van der Waals surface area (Å²) in [6, 6.07) is 15.7. The van der Waals surface area contributed by atoms with Crippen molar-refractivity contribution in [3.63, 3.8) is 0 Å². The minimum Gasteiger partial charge on any atom is -0.366 e. The maximum Gasteiger partial charge on any atom is 0.263 e. The van der Waals surface area contributed by atoms with Gasteiger partial charge in [0.15, 0.2) is 0 Å². The van der Waals surface area contributed by atoms with Crippen molar-refractivity contribution in [2.24, 2.45) is 0 Å². The summed E-state index contributed by atoms with van der Waals surface area (Å²) in [7, 11) is 0. The molecule has 27 heavy (non-hydrogen) atoms. The molecule has 0 unspecified atom stereocenters. The average molecular weight is 367 g/mol. The maximum absolute atomic E-state index is 12.6. The molecular formula is C21H19F2N3O. The second-order valence-corrected chi connectivity index (χ2v) is 6.72. The molecule has 1 saturated carbocycles. The fourth-order valence-electron chi connectivity index (χ4n) is 2.92. The van der Waals surface area contributed by atoms with Gasteiger partial charge in [0.1, 0.15) is 5.82 Å². The maximum atomic E-state index is 12.6. The number of rotatable bonds is 6. The highest BCUT2D eigenvalue weighted by Gasteiger charge is 2.25. The van der Waals surface area contributed by atoms with Crippen LogP contribution in [0.5, 0.6) is 0 Å². The molecule has 1 aliphatic rings. The number of carbonyl (C=O) groups is 1. The quantitative estimate of drug-likeness (QED) is 0.665. The summed E-state index contributed by atoms with van der Waals surface area (Å²) in [6.45, 7) is 0.429. The molecule has 0 atom stereocenters. The number of carbonyl (C=O) groups excluding carboxylic acids is 1. The summed E-state index contributed by atoms with van der Waals surface area (Å²) in [4.78, 5) is 17.2. The van der Waals surface area contributed by atoms with Gasteiger partial charge >= 0.3 is 0 Å². The largest absolute Gasteiger partial charge is 0.366 e.